The fraction of sp³-hybridized carbons (Fsp3) is 0. The molecule has 2 rings (SSSR count). The van der Waals surface area contributed by atoms with E-state index in [1.165, 1.54) is 0 Å². The van der Waals surface area contributed by atoms with Crippen LogP contribution in [0, 0.1) is 0 Å². The van der Waals surface area contributed by atoms with Crippen LogP contribution in [0.3, 0.4) is 0 Å². The maximum Gasteiger partial charge on any atom is 0.285 e. The van der Waals surface area contributed by atoms with Crippen LogP contribution in [0.15, 0.2) is 29.7 Å². The third-order valence-corrected chi connectivity index (χ3v) is 0.837. The standard InChI is InChI=1S/C3H4N2.C2H2N4O/c1-2-5-3-4-1;7-2-1-3-5-6-4-2/h1-3H,(H,4,5);1H,(H,4,5,7). The summed E-state index contributed by atoms with van der Waals surface area (Å²) < 4.78 is 0. The van der Waals surface area contributed by atoms with Gasteiger partial charge in [-0.3, -0.25) is 4.79 Å². The van der Waals surface area contributed by atoms with E-state index in [1.807, 2.05) is 0 Å². The third kappa shape index (κ3) is 3.20. The predicted octanol–water partition coefficient (Wildman–Crippen LogP) is -1.03. The Morgan fingerprint density at radius 3 is 2.58 bits per heavy atom. The van der Waals surface area contributed by atoms with Crippen molar-refractivity contribution >= 4 is 0 Å². The lowest BCUT2D eigenvalue weighted by Crippen LogP contribution is -2.08. The fourth-order valence-corrected chi connectivity index (χ4v) is 0.420. The van der Waals surface area contributed by atoms with E-state index < -0.39 is 0 Å². The Hall–Kier alpha value is -2.05. The van der Waals surface area contributed by atoms with E-state index >= 15 is 0 Å². The van der Waals surface area contributed by atoms with Crippen molar-refractivity contribution in [2.24, 2.45) is 0 Å². The van der Waals surface area contributed by atoms with E-state index in [9.17, 15) is 4.79 Å². The summed E-state index contributed by atoms with van der Waals surface area (Å²) in [6, 6.07) is 0. The van der Waals surface area contributed by atoms with Gasteiger partial charge in [-0.2, -0.15) is 0 Å². The van der Waals surface area contributed by atoms with E-state index in [-0.39, 0.29) is 5.56 Å². The molecule has 7 heteroatoms. The molecule has 0 aliphatic rings. The number of aromatic amines is 2. The van der Waals surface area contributed by atoms with Crippen molar-refractivity contribution in [2.45, 2.75) is 0 Å². The van der Waals surface area contributed by atoms with Gasteiger partial charge in [-0.05, 0) is 10.4 Å². The number of aromatic nitrogens is 6. The van der Waals surface area contributed by atoms with E-state index in [4.69, 9.17) is 0 Å². The Morgan fingerprint density at radius 2 is 2.33 bits per heavy atom. The summed E-state index contributed by atoms with van der Waals surface area (Å²) in [6.45, 7) is 0. The first-order valence-electron chi connectivity index (χ1n) is 3.05. The minimum Gasteiger partial charge on any atom is -0.351 e. The van der Waals surface area contributed by atoms with Gasteiger partial charge < -0.3 is 4.98 Å². The summed E-state index contributed by atoms with van der Waals surface area (Å²) in [6.07, 6.45) is 6.13. The molecule has 0 bridgehead atoms. The minimum absolute atomic E-state index is 0.338. The van der Waals surface area contributed by atoms with Crippen LogP contribution in [-0.2, 0) is 0 Å². The second-order valence-corrected chi connectivity index (χ2v) is 1.67. The van der Waals surface area contributed by atoms with E-state index in [0.29, 0.717) is 0 Å². The van der Waals surface area contributed by atoms with Gasteiger partial charge in [-0.25, -0.2) is 10.1 Å². The van der Waals surface area contributed by atoms with Gasteiger partial charge in [0.25, 0.3) is 5.56 Å². The molecule has 12 heavy (non-hydrogen) atoms. The predicted molar refractivity (Wildman–Crippen MR) is 39.0 cm³/mol. The van der Waals surface area contributed by atoms with Crippen LogP contribution in [-0.4, -0.2) is 30.6 Å². The second kappa shape index (κ2) is 4.72. The molecular weight excluding hydrogens is 160 g/mol. The molecule has 62 valence electrons. The highest BCUT2D eigenvalue weighted by molar-refractivity contribution is 4.64. The molecule has 0 atom stereocenters. The van der Waals surface area contributed by atoms with Gasteiger partial charge in [0.05, 0.1) is 6.33 Å². The van der Waals surface area contributed by atoms with Crippen molar-refractivity contribution in [3.63, 3.8) is 0 Å². The maximum absolute atomic E-state index is 10.0. The van der Waals surface area contributed by atoms with Gasteiger partial charge >= 0.3 is 0 Å². The van der Waals surface area contributed by atoms with E-state index in [1.54, 1.807) is 18.7 Å². The van der Waals surface area contributed by atoms with Crippen molar-refractivity contribution in [1.82, 2.24) is 30.6 Å². The quantitative estimate of drug-likeness (QED) is 0.521. The highest BCUT2D eigenvalue weighted by atomic mass is 16.1. The molecule has 2 aromatic heterocycles. The summed E-state index contributed by atoms with van der Waals surface area (Å²) in [5.41, 5.74) is -0.338. The minimum atomic E-state index is -0.338. The molecule has 0 fully saturated rings. The second-order valence-electron chi connectivity index (χ2n) is 1.67. The number of hydrogen-bond acceptors (Lipinski definition) is 5. The van der Waals surface area contributed by atoms with Crippen LogP contribution < -0.4 is 5.56 Å². The lowest BCUT2D eigenvalue weighted by Gasteiger charge is -1.70. The zero-order valence-electron chi connectivity index (χ0n) is 6.01. The first kappa shape index (κ1) is 8.05. The van der Waals surface area contributed by atoms with Gasteiger partial charge in [-0.1, -0.05) is 0 Å². The Morgan fingerprint density at radius 1 is 1.42 bits per heavy atom. The topological polar surface area (TPSA) is 100 Å². The van der Waals surface area contributed by atoms with Crippen molar-refractivity contribution in [3.05, 3.63) is 35.3 Å². The maximum atomic E-state index is 10.0. The largest absolute Gasteiger partial charge is 0.351 e. The van der Waals surface area contributed by atoms with E-state index in [2.05, 4.69) is 30.6 Å². The average Bonchev–Trinajstić information content (AvgIpc) is 2.62. The molecule has 0 radical (unpaired) electrons. The Balaban J connectivity index is 0.000000127. The number of H-pyrrole nitrogens is 2. The summed E-state index contributed by atoms with van der Waals surface area (Å²) in [5.74, 6) is 0. The van der Waals surface area contributed by atoms with Crippen LogP contribution in [0.1, 0.15) is 0 Å². The Kier molecular flexibility index (Phi) is 3.16. The Bertz CT molecular complexity index is 306. The molecule has 0 aromatic carbocycles. The van der Waals surface area contributed by atoms with E-state index in [0.717, 1.165) is 6.20 Å². The molecule has 0 saturated heterocycles. The van der Waals surface area contributed by atoms with Gasteiger partial charge in [0.15, 0.2) is 0 Å². The summed E-state index contributed by atoms with van der Waals surface area (Å²) in [5, 5.41) is 11.4. The van der Waals surface area contributed by atoms with Crippen molar-refractivity contribution in [3.8, 4) is 0 Å². The zero-order chi connectivity index (χ0) is 8.65. The molecule has 7 nitrogen and oxygen atoms in total. The first-order chi connectivity index (χ1) is 5.89. The molecule has 2 aromatic rings. The summed E-state index contributed by atoms with van der Waals surface area (Å²) >= 11 is 0. The third-order valence-electron chi connectivity index (χ3n) is 0.837. The van der Waals surface area contributed by atoms with Crippen LogP contribution >= 0.6 is 0 Å². The molecule has 0 aliphatic carbocycles. The summed E-state index contributed by atoms with van der Waals surface area (Å²) in [4.78, 5) is 16.5. The highest BCUT2D eigenvalue weighted by Crippen LogP contribution is 1.62. The van der Waals surface area contributed by atoms with Gasteiger partial charge in [-0.15, -0.1) is 5.10 Å². The number of hydrogen-bond donors (Lipinski definition) is 2. The smallest absolute Gasteiger partial charge is 0.285 e. The average molecular weight is 166 g/mol. The number of rotatable bonds is 0. The molecule has 0 amide bonds. The SMILES string of the molecule is O=c1cnnn[nH]1.c1c[nH]cn1. The number of nitrogens with zero attached hydrogens (tertiary/aromatic N) is 4. The highest BCUT2D eigenvalue weighted by Gasteiger charge is 1.73. The molecule has 0 saturated carbocycles. The molecule has 2 N–H and O–H groups in total. The lowest BCUT2D eigenvalue weighted by atomic mass is 10.9. The van der Waals surface area contributed by atoms with Crippen molar-refractivity contribution in [2.75, 3.05) is 0 Å². The van der Waals surface area contributed by atoms with Crippen LogP contribution in [0.4, 0.5) is 0 Å². The van der Waals surface area contributed by atoms with Crippen LogP contribution in [0.2, 0.25) is 0 Å². The molecule has 2 heterocycles. The van der Waals surface area contributed by atoms with Gasteiger partial charge in [0.1, 0.15) is 6.20 Å². The molecule has 0 unspecified atom stereocenters. The van der Waals surface area contributed by atoms with Crippen LogP contribution in [0.5, 0.6) is 0 Å². The lowest BCUT2D eigenvalue weighted by molar-refractivity contribution is 0.742. The molecular formula is C5H6N6O. The van der Waals surface area contributed by atoms with Crippen molar-refractivity contribution in [1.29, 1.82) is 0 Å². The normalized spacial score (nSPS) is 8.33. The number of nitrogens with one attached hydrogen (secondary N) is 2. The number of imidazole rings is 1. The zero-order valence-corrected chi connectivity index (χ0v) is 6.01. The van der Waals surface area contributed by atoms with Crippen LogP contribution in [0.25, 0.3) is 0 Å². The van der Waals surface area contributed by atoms with Gasteiger partial charge in [0, 0.05) is 12.4 Å². The van der Waals surface area contributed by atoms with Gasteiger partial charge in [0.2, 0.25) is 0 Å². The Labute approximate surface area is 66.9 Å². The summed E-state index contributed by atoms with van der Waals surface area (Å²) in [7, 11) is 0. The van der Waals surface area contributed by atoms with Crippen molar-refractivity contribution < 1.29 is 0 Å². The monoisotopic (exact) mass is 166 g/mol. The molecule has 0 aliphatic heterocycles. The fourth-order valence-electron chi connectivity index (χ4n) is 0.420. The molecule has 0 spiro atoms. The first-order valence-corrected chi connectivity index (χ1v) is 3.05.